The zero-order valence-corrected chi connectivity index (χ0v) is 12.9. The molecule has 1 rings (SSSR count). The number of benzene rings is 1. The number of hydrogen-bond donors (Lipinski definition) is 1. The van der Waals surface area contributed by atoms with Crippen LogP contribution in [-0.4, -0.2) is 58.1 Å². The van der Waals surface area contributed by atoms with Gasteiger partial charge in [-0.2, -0.15) is 0 Å². The molecule has 112 valence electrons. The molecule has 0 aliphatic carbocycles. The van der Waals surface area contributed by atoms with Gasteiger partial charge in [0, 0.05) is 18.7 Å². The Bertz CT molecular complexity index is 447. The fourth-order valence-corrected chi connectivity index (χ4v) is 1.84. The SMILES string of the molecule is COc1ccc(C(=O)C(C)NCCN(C)C)cc1OC. The summed E-state index contributed by atoms with van der Waals surface area (Å²) in [5.74, 6) is 1.24. The van der Waals surface area contributed by atoms with Crippen molar-refractivity contribution in [1.82, 2.24) is 10.2 Å². The van der Waals surface area contributed by atoms with E-state index in [0.717, 1.165) is 13.1 Å². The van der Waals surface area contributed by atoms with E-state index in [0.29, 0.717) is 17.1 Å². The predicted molar refractivity (Wildman–Crippen MR) is 79.9 cm³/mol. The Morgan fingerprint density at radius 3 is 2.45 bits per heavy atom. The molecule has 0 saturated heterocycles. The van der Waals surface area contributed by atoms with Gasteiger partial charge in [0.25, 0.3) is 0 Å². The molecule has 0 fully saturated rings. The van der Waals surface area contributed by atoms with Gasteiger partial charge in [-0.3, -0.25) is 4.79 Å². The van der Waals surface area contributed by atoms with Crippen molar-refractivity contribution in [3.05, 3.63) is 23.8 Å². The van der Waals surface area contributed by atoms with E-state index in [9.17, 15) is 4.79 Å². The first-order chi connectivity index (χ1) is 9.49. The van der Waals surface area contributed by atoms with Crippen molar-refractivity contribution < 1.29 is 14.3 Å². The van der Waals surface area contributed by atoms with Gasteiger partial charge in [-0.05, 0) is 39.2 Å². The van der Waals surface area contributed by atoms with Gasteiger partial charge in [0.2, 0.25) is 0 Å². The predicted octanol–water partition coefficient (Wildman–Crippen LogP) is 1.43. The number of Topliss-reactive ketones (excluding diaryl/α,β-unsaturated/α-hetero) is 1. The highest BCUT2D eigenvalue weighted by Gasteiger charge is 2.16. The molecular weight excluding hydrogens is 256 g/mol. The second-order valence-electron chi connectivity index (χ2n) is 4.91. The zero-order valence-electron chi connectivity index (χ0n) is 12.9. The molecule has 0 amide bonds. The third-order valence-electron chi connectivity index (χ3n) is 3.07. The van der Waals surface area contributed by atoms with Crippen LogP contribution < -0.4 is 14.8 Å². The molecule has 5 heteroatoms. The average Bonchev–Trinajstić information content (AvgIpc) is 2.45. The average molecular weight is 280 g/mol. The van der Waals surface area contributed by atoms with Gasteiger partial charge in [-0.1, -0.05) is 0 Å². The fraction of sp³-hybridized carbons (Fsp3) is 0.533. The molecular formula is C15H24N2O3. The van der Waals surface area contributed by atoms with Crippen LogP contribution in [0.15, 0.2) is 18.2 Å². The van der Waals surface area contributed by atoms with E-state index < -0.39 is 0 Å². The number of carbonyl (C=O) groups excluding carboxylic acids is 1. The molecule has 0 heterocycles. The van der Waals surface area contributed by atoms with Gasteiger partial charge in [0.1, 0.15) is 0 Å². The Labute approximate surface area is 120 Å². The number of likely N-dealkylation sites (N-methyl/N-ethyl adjacent to an activating group) is 1. The molecule has 1 unspecified atom stereocenters. The number of hydrogen-bond acceptors (Lipinski definition) is 5. The van der Waals surface area contributed by atoms with Crippen molar-refractivity contribution in [2.45, 2.75) is 13.0 Å². The highest BCUT2D eigenvalue weighted by Crippen LogP contribution is 2.27. The lowest BCUT2D eigenvalue weighted by Gasteiger charge is -2.16. The number of rotatable bonds is 8. The summed E-state index contributed by atoms with van der Waals surface area (Å²) in [4.78, 5) is 14.4. The quantitative estimate of drug-likeness (QED) is 0.730. The van der Waals surface area contributed by atoms with Gasteiger partial charge < -0.3 is 19.7 Å². The van der Waals surface area contributed by atoms with Gasteiger partial charge in [0.15, 0.2) is 17.3 Å². The maximum atomic E-state index is 12.3. The molecule has 1 aromatic rings. The number of nitrogens with one attached hydrogen (secondary N) is 1. The lowest BCUT2D eigenvalue weighted by Crippen LogP contribution is -2.38. The van der Waals surface area contributed by atoms with Gasteiger partial charge in [-0.25, -0.2) is 0 Å². The first-order valence-electron chi connectivity index (χ1n) is 6.64. The van der Waals surface area contributed by atoms with E-state index in [1.165, 1.54) is 0 Å². The molecule has 5 nitrogen and oxygen atoms in total. The molecule has 1 N–H and O–H groups in total. The van der Waals surface area contributed by atoms with Gasteiger partial charge in [-0.15, -0.1) is 0 Å². The van der Waals surface area contributed by atoms with E-state index in [2.05, 4.69) is 10.2 Å². The van der Waals surface area contributed by atoms with Crippen LogP contribution in [0.5, 0.6) is 11.5 Å². The number of ether oxygens (including phenoxy) is 2. The van der Waals surface area contributed by atoms with E-state index in [1.807, 2.05) is 21.0 Å². The molecule has 0 spiro atoms. The fourth-order valence-electron chi connectivity index (χ4n) is 1.84. The lowest BCUT2D eigenvalue weighted by molar-refractivity contribution is 0.0949. The standard InChI is InChI=1S/C15H24N2O3/c1-11(16-8-9-17(2)3)15(18)12-6-7-13(19-4)14(10-12)20-5/h6-7,10-11,16H,8-9H2,1-5H3. The Morgan fingerprint density at radius 1 is 1.25 bits per heavy atom. The summed E-state index contributed by atoms with van der Waals surface area (Å²) in [5.41, 5.74) is 0.618. The molecule has 0 aliphatic heterocycles. The van der Waals surface area contributed by atoms with Gasteiger partial charge >= 0.3 is 0 Å². The van der Waals surface area contributed by atoms with E-state index in [-0.39, 0.29) is 11.8 Å². The molecule has 1 atom stereocenters. The first kappa shape index (κ1) is 16.5. The minimum Gasteiger partial charge on any atom is -0.493 e. The van der Waals surface area contributed by atoms with Crippen LogP contribution in [0.1, 0.15) is 17.3 Å². The summed E-state index contributed by atoms with van der Waals surface area (Å²) in [5, 5.41) is 3.22. The van der Waals surface area contributed by atoms with Crippen molar-refractivity contribution in [2.24, 2.45) is 0 Å². The topological polar surface area (TPSA) is 50.8 Å². The van der Waals surface area contributed by atoms with Crippen molar-refractivity contribution >= 4 is 5.78 Å². The Morgan fingerprint density at radius 2 is 1.90 bits per heavy atom. The summed E-state index contributed by atoms with van der Waals surface area (Å²) in [6.45, 7) is 3.53. The van der Waals surface area contributed by atoms with Crippen molar-refractivity contribution in [1.29, 1.82) is 0 Å². The van der Waals surface area contributed by atoms with E-state index >= 15 is 0 Å². The van der Waals surface area contributed by atoms with Crippen LogP contribution in [0.2, 0.25) is 0 Å². The highest BCUT2D eigenvalue weighted by atomic mass is 16.5. The number of nitrogens with zero attached hydrogens (tertiary/aromatic N) is 1. The van der Waals surface area contributed by atoms with Gasteiger partial charge in [0.05, 0.1) is 20.3 Å². The number of carbonyl (C=O) groups is 1. The second kappa shape index (κ2) is 7.87. The van der Waals surface area contributed by atoms with Crippen molar-refractivity contribution in [2.75, 3.05) is 41.4 Å². The molecule has 1 aromatic carbocycles. The lowest BCUT2D eigenvalue weighted by atomic mass is 10.0. The van der Waals surface area contributed by atoms with E-state index in [4.69, 9.17) is 9.47 Å². The van der Waals surface area contributed by atoms with E-state index in [1.54, 1.807) is 32.4 Å². The zero-order chi connectivity index (χ0) is 15.1. The minimum atomic E-state index is -0.229. The Hall–Kier alpha value is -1.59. The molecule has 0 aliphatic rings. The van der Waals surface area contributed by atoms with Crippen LogP contribution in [0.3, 0.4) is 0 Å². The summed E-state index contributed by atoms with van der Waals surface area (Å²) >= 11 is 0. The van der Waals surface area contributed by atoms with Crippen LogP contribution in [0, 0.1) is 0 Å². The van der Waals surface area contributed by atoms with Crippen LogP contribution in [-0.2, 0) is 0 Å². The van der Waals surface area contributed by atoms with Crippen LogP contribution in [0.4, 0.5) is 0 Å². The Balaban J connectivity index is 2.71. The summed E-state index contributed by atoms with van der Waals surface area (Å²) in [6, 6.07) is 4.99. The smallest absolute Gasteiger partial charge is 0.179 e. The van der Waals surface area contributed by atoms with Crippen LogP contribution in [0.25, 0.3) is 0 Å². The second-order valence-corrected chi connectivity index (χ2v) is 4.91. The van der Waals surface area contributed by atoms with Crippen molar-refractivity contribution in [3.8, 4) is 11.5 Å². The molecule has 0 saturated carbocycles. The Kier molecular flexibility index (Phi) is 6.48. The highest BCUT2D eigenvalue weighted by molar-refractivity contribution is 6.00. The summed E-state index contributed by atoms with van der Waals surface area (Å²) in [6.07, 6.45) is 0. The summed E-state index contributed by atoms with van der Waals surface area (Å²) < 4.78 is 10.4. The minimum absolute atomic E-state index is 0.0460. The molecule has 0 bridgehead atoms. The first-order valence-corrected chi connectivity index (χ1v) is 6.64. The maximum absolute atomic E-state index is 12.3. The molecule has 0 radical (unpaired) electrons. The molecule has 20 heavy (non-hydrogen) atoms. The summed E-state index contributed by atoms with van der Waals surface area (Å²) in [7, 11) is 7.14. The molecule has 0 aromatic heterocycles. The van der Waals surface area contributed by atoms with Crippen molar-refractivity contribution in [3.63, 3.8) is 0 Å². The monoisotopic (exact) mass is 280 g/mol. The third kappa shape index (κ3) is 4.51. The number of ketones is 1. The largest absolute Gasteiger partial charge is 0.493 e. The maximum Gasteiger partial charge on any atom is 0.179 e. The number of methoxy groups -OCH3 is 2. The normalized spacial score (nSPS) is 12.3. The van der Waals surface area contributed by atoms with Crippen LogP contribution >= 0.6 is 0 Å². The third-order valence-corrected chi connectivity index (χ3v) is 3.07.